The van der Waals surface area contributed by atoms with Crippen LogP contribution in [0.2, 0.25) is 6.04 Å². The van der Waals surface area contributed by atoms with Gasteiger partial charge in [0.25, 0.3) is 3.93 Å². The SMILES string of the molecule is CC=CC(=O)OCCCCCCCCCCCCCCCCCCCC[Si](Br)(Br)Br. The number of unbranched alkanes of at least 4 members (excludes halogenated alkanes) is 17. The quantitative estimate of drug-likeness (QED) is 0.0390. The van der Waals surface area contributed by atoms with Crippen LogP contribution in [0, 0.1) is 0 Å². The third-order valence-electron chi connectivity index (χ3n) is 5.40. The number of hydrogen-bond acceptors (Lipinski definition) is 2. The second-order valence-electron chi connectivity index (χ2n) is 8.40. The average Bonchev–Trinajstić information content (AvgIpc) is 2.68. The van der Waals surface area contributed by atoms with Gasteiger partial charge < -0.3 is 4.74 Å². The second kappa shape index (κ2) is 23.0. The van der Waals surface area contributed by atoms with Crippen molar-refractivity contribution >= 4 is 55.8 Å². The van der Waals surface area contributed by atoms with Crippen LogP contribution in [0.15, 0.2) is 12.2 Å². The molecule has 0 amide bonds. The fourth-order valence-corrected chi connectivity index (χ4v) is 6.79. The maximum absolute atomic E-state index is 11.1. The van der Waals surface area contributed by atoms with Crippen LogP contribution in [0.1, 0.15) is 122 Å². The Labute approximate surface area is 211 Å². The van der Waals surface area contributed by atoms with Gasteiger partial charge in [0.15, 0.2) is 0 Å². The van der Waals surface area contributed by atoms with Crippen molar-refractivity contribution in [1.29, 1.82) is 0 Å². The summed E-state index contributed by atoms with van der Waals surface area (Å²) in [6.07, 6.45) is 27.7. The zero-order chi connectivity index (χ0) is 22.3. The van der Waals surface area contributed by atoms with Crippen molar-refractivity contribution in [2.75, 3.05) is 6.61 Å². The third-order valence-corrected chi connectivity index (χ3v) is 9.89. The molecule has 0 rings (SSSR count). The van der Waals surface area contributed by atoms with Crippen LogP contribution in [0.25, 0.3) is 0 Å². The highest BCUT2D eigenvalue weighted by molar-refractivity contribution is 9.72. The molecule has 0 heterocycles. The molecule has 6 heteroatoms. The molecule has 0 unspecified atom stereocenters. The van der Waals surface area contributed by atoms with Gasteiger partial charge in [-0.15, -0.1) is 0 Å². The van der Waals surface area contributed by atoms with E-state index in [1.807, 2.05) is 6.92 Å². The van der Waals surface area contributed by atoms with Crippen LogP contribution in [-0.4, -0.2) is 16.5 Å². The summed E-state index contributed by atoms with van der Waals surface area (Å²) in [5.41, 5.74) is 0. The molecule has 30 heavy (non-hydrogen) atoms. The molecule has 178 valence electrons. The highest BCUT2D eigenvalue weighted by Crippen LogP contribution is 2.33. The first-order valence-corrected chi connectivity index (χ1v) is 21.3. The summed E-state index contributed by atoms with van der Waals surface area (Å²) in [4.78, 5) is 11.1. The Morgan fingerprint density at radius 3 is 1.30 bits per heavy atom. The molecule has 0 radical (unpaired) electrons. The maximum atomic E-state index is 11.1. The van der Waals surface area contributed by atoms with E-state index in [9.17, 15) is 4.79 Å². The molecule has 0 saturated carbocycles. The molecular weight excluding hydrogens is 588 g/mol. The van der Waals surface area contributed by atoms with E-state index < -0.39 is 3.93 Å². The zero-order valence-corrected chi connectivity index (χ0v) is 25.0. The molecule has 0 fully saturated rings. The lowest BCUT2D eigenvalue weighted by atomic mass is 10.0. The minimum absolute atomic E-state index is 0.212. The van der Waals surface area contributed by atoms with Crippen molar-refractivity contribution in [3.8, 4) is 0 Å². The minimum Gasteiger partial charge on any atom is -0.463 e. The van der Waals surface area contributed by atoms with Crippen molar-refractivity contribution in [3.63, 3.8) is 0 Å². The maximum Gasteiger partial charge on any atom is 0.330 e. The van der Waals surface area contributed by atoms with E-state index in [0.717, 1.165) is 6.42 Å². The molecule has 2 nitrogen and oxygen atoms in total. The van der Waals surface area contributed by atoms with Crippen LogP contribution in [0.4, 0.5) is 0 Å². The summed E-state index contributed by atoms with van der Waals surface area (Å²) < 4.78 is 3.74. The number of hydrogen-bond donors (Lipinski definition) is 0. The monoisotopic (exact) mass is 630 g/mol. The zero-order valence-electron chi connectivity index (χ0n) is 19.2. The molecular formula is C24H45Br3O2Si. The Bertz CT molecular complexity index is 412. The molecule has 0 aliphatic heterocycles. The number of esters is 1. The summed E-state index contributed by atoms with van der Waals surface area (Å²) in [5.74, 6) is -0.212. The van der Waals surface area contributed by atoms with Gasteiger partial charge in [-0.3, -0.25) is 0 Å². The topological polar surface area (TPSA) is 26.3 Å². The number of ether oxygens (including phenoxy) is 1. The predicted octanol–water partition coefficient (Wildman–Crippen LogP) is 10.3. The van der Waals surface area contributed by atoms with E-state index >= 15 is 0 Å². The molecule has 0 atom stereocenters. The van der Waals surface area contributed by atoms with E-state index in [1.54, 1.807) is 6.08 Å². The van der Waals surface area contributed by atoms with Gasteiger partial charge >= 0.3 is 5.97 Å². The second-order valence-corrected chi connectivity index (χ2v) is 31.9. The summed E-state index contributed by atoms with van der Waals surface area (Å²) in [6, 6.07) is 1.27. The summed E-state index contributed by atoms with van der Waals surface area (Å²) >= 11 is 11.1. The van der Waals surface area contributed by atoms with Gasteiger partial charge in [-0.1, -0.05) is 161 Å². The van der Waals surface area contributed by atoms with Gasteiger partial charge in [-0.25, -0.2) is 4.79 Å². The largest absolute Gasteiger partial charge is 0.463 e. The first-order valence-electron chi connectivity index (χ1n) is 12.3. The number of allylic oxidation sites excluding steroid dienone is 1. The van der Waals surface area contributed by atoms with Crippen molar-refractivity contribution in [1.82, 2.24) is 0 Å². The molecule has 0 bridgehead atoms. The standard InChI is InChI=1S/C24H45Br3O2Si/c1-2-21-24(28)29-22-19-17-15-13-11-9-7-5-3-4-6-8-10-12-14-16-18-20-23-30(25,26)27/h2,21H,3-20,22-23H2,1H3. The molecule has 0 aliphatic carbocycles. The minimum atomic E-state index is -1.35. The van der Waals surface area contributed by atoms with Crippen molar-refractivity contribution < 1.29 is 9.53 Å². The van der Waals surface area contributed by atoms with E-state index in [1.165, 1.54) is 121 Å². The Balaban J connectivity index is 3.09. The molecule has 0 spiro atoms. The first kappa shape index (κ1) is 30.9. The van der Waals surface area contributed by atoms with Gasteiger partial charge in [0.2, 0.25) is 0 Å². The summed E-state index contributed by atoms with van der Waals surface area (Å²) in [7, 11) is 0. The molecule has 0 N–H and O–H groups in total. The molecule has 0 aliphatic rings. The third kappa shape index (κ3) is 26.9. The lowest BCUT2D eigenvalue weighted by Crippen LogP contribution is -2.04. The summed E-state index contributed by atoms with van der Waals surface area (Å²) in [6.45, 7) is 2.40. The average molecular weight is 633 g/mol. The van der Waals surface area contributed by atoms with Crippen LogP contribution >= 0.6 is 45.9 Å². The van der Waals surface area contributed by atoms with E-state index in [4.69, 9.17) is 4.74 Å². The van der Waals surface area contributed by atoms with E-state index in [0.29, 0.717) is 6.61 Å². The van der Waals surface area contributed by atoms with Gasteiger partial charge in [0.1, 0.15) is 0 Å². The number of halogens is 3. The highest BCUT2D eigenvalue weighted by Gasteiger charge is 2.20. The van der Waals surface area contributed by atoms with Gasteiger partial charge in [-0.05, 0) is 19.4 Å². The van der Waals surface area contributed by atoms with Crippen LogP contribution in [-0.2, 0) is 9.53 Å². The Kier molecular flexibility index (Phi) is 23.7. The Morgan fingerprint density at radius 2 is 0.967 bits per heavy atom. The first-order chi connectivity index (χ1) is 14.5. The fraction of sp³-hybridized carbons (Fsp3) is 0.875. The molecule has 0 aromatic heterocycles. The lowest BCUT2D eigenvalue weighted by molar-refractivity contribution is -0.137. The Hall–Kier alpha value is 0.867. The van der Waals surface area contributed by atoms with Gasteiger partial charge in [0.05, 0.1) is 6.61 Å². The number of rotatable bonds is 22. The van der Waals surface area contributed by atoms with Crippen LogP contribution in [0.3, 0.4) is 0 Å². The van der Waals surface area contributed by atoms with Crippen molar-refractivity contribution in [2.45, 2.75) is 129 Å². The molecule has 0 aromatic carbocycles. The Morgan fingerprint density at radius 1 is 0.633 bits per heavy atom. The highest BCUT2D eigenvalue weighted by atomic mass is 80.0. The smallest absolute Gasteiger partial charge is 0.330 e. The van der Waals surface area contributed by atoms with Crippen LogP contribution in [0.5, 0.6) is 0 Å². The van der Waals surface area contributed by atoms with Crippen molar-refractivity contribution in [3.05, 3.63) is 12.2 Å². The van der Waals surface area contributed by atoms with Gasteiger partial charge in [0, 0.05) is 6.08 Å². The van der Waals surface area contributed by atoms with E-state index in [2.05, 4.69) is 45.9 Å². The van der Waals surface area contributed by atoms with E-state index in [-0.39, 0.29) is 5.97 Å². The van der Waals surface area contributed by atoms with Gasteiger partial charge in [-0.2, -0.15) is 0 Å². The fourth-order valence-electron chi connectivity index (χ4n) is 3.61. The summed E-state index contributed by atoms with van der Waals surface area (Å²) in [5, 5.41) is 0. The normalized spacial score (nSPS) is 12.0. The molecule has 0 saturated heterocycles. The lowest BCUT2D eigenvalue weighted by Gasteiger charge is -2.08. The number of carbonyl (C=O) groups excluding carboxylic acids is 1. The number of carbonyl (C=O) groups is 1. The van der Waals surface area contributed by atoms with Crippen molar-refractivity contribution in [2.24, 2.45) is 0 Å². The van der Waals surface area contributed by atoms with Crippen LogP contribution < -0.4 is 0 Å². The molecule has 0 aromatic rings. The predicted molar refractivity (Wildman–Crippen MR) is 146 cm³/mol.